The molecule has 4 heteroatoms. The molecule has 2 N–H and O–H groups in total. The largest absolute Gasteiger partial charge is 0.506 e. The first-order valence-corrected chi connectivity index (χ1v) is 5.94. The van der Waals surface area contributed by atoms with Crippen molar-refractivity contribution in [3.8, 4) is 0 Å². The van der Waals surface area contributed by atoms with Gasteiger partial charge in [0.2, 0.25) is 5.78 Å². The molecule has 0 amide bonds. The summed E-state index contributed by atoms with van der Waals surface area (Å²) in [5, 5.41) is 17.2. The Balaban J connectivity index is 2.36. The van der Waals surface area contributed by atoms with E-state index < -0.39 is 0 Å². The highest BCUT2D eigenvalue weighted by atomic mass is 16.3. The molecule has 0 saturated carbocycles. The summed E-state index contributed by atoms with van der Waals surface area (Å²) in [6, 6.07) is 7.42. The molecule has 19 heavy (non-hydrogen) atoms. The van der Waals surface area contributed by atoms with Gasteiger partial charge in [-0.15, -0.1) is 0 Å². The van der Waals surface area contributed by atoms with Gasteiger partial charge in [0.1, 0.15) is 5.76 Å². The van der Waals surface area contributed by atoms with Crippen molar-refractivity contribution >= 4 is 22.8 Å². The number of nitrogens with zero attached hydrogens (tertiary/aromatic N) is 1. The lowest BCUT2D eigenvalue weighted by molar-refractivity contribution is -0.111. The van der Waals surface area contributed by atoms with E-state index in [0.717, 1.165) is 5.69 Å². The first kappa shape index (κ1) is 13.1. The Kier molecular flexibility index (Phi) is 3.25. The molecular weight excluding hydrogens is 240 g/mol. The van der Waals surface area contributed by atoms with Crippen LogP contribution in [-0.2, 0) is 4.79 Å². The third-order valence-electron chi connectivity index (χ3n) is 3.00. The molecule has 0 fully saturated rings. The first-order valence-electron chi connectivity index (χ1n) is 5.94. The minimum absolute atomic E-state index is 0.0193. The van der Waals surface area contributed by atoms with Gasteiger partial charge in [-0.1, -0.05) is 12.1 Å². The van der Waals surface area contributed by atoms with Crippen molar-refractivity contribution in [2.45, 2.75) is 6.92 Å². The number of allylic oxidation sites excluding steroid dienone is 3. The van der Waals surface area contributed by atoms with Gasteiger partial charge < -0.3 is 15.4 Å². The van der Waals surface area contributed by atoms with Crippen LogP contribution in [0, 0.1) is 5.41 Å². The van der Waals surface area contributed by atoms with E-state index in [1.807, 2.05) is 43.3 Å². The van der Waals surface area contributed by atoms with Crippen molar-refractivity contribution in [3.63, 3.8) is 0 Å². The van der Waals surface area contributed by atoms with Crippen LogP contribution in [-0.4, -0.2) is 30.7 Å². The van der Waals surface area contributed by atoms with Gasteiger partial charge in [0, 0.05) is 25.5 Å². The molecule has 0 aromatic heterocycles. The second kappa shape index (κ2) is 4.72. The van der Waals surface area contributed by atoms with Gasteiger partial charge in [-0.3, -0.25) is 4.79 Å². The third-order valence-corrected chi connectivity index (χ3v) is 3.00. The number of hydrogen-bond donors (Lipinski definition) is 2. The second-order valence-electron chi connectivity index (χ2n) is 4.74. The molecular formula is C15H16N2O2. The number of aliphatic hydroxyl groups is 1. The molecule has 1 aromatic rings. The first-order chi connectivity index (χ1) is 8.91. The number of anilines is 1. The topological polar surface area (TPSA) is 64.4 Å². The predicted octanol–water partition coefficient (Wildman–Crippen LogP) is 2.57. The number of hydrogen-bond acceptors (Lipinski definition) is 4. The zero-order chi connectivity index (χ0) is 14.2. The maximum atomic E-state index is 11.9. The van der Waals surface area contributed by atoms with Crippen LogP contribution in [0.5, 0.6) is 0 Å². The fraction of sp³-hybridized carbons (Fsp3) is 0.200. The second-order valence-corrected chi connectivity index (χ2v) is 4.74. The molecule has 0 saturated heterocycles. The quantitative estimate of drug-likeness (QED) is 0.645. The van der Waals surface area contributed by atoms with Crippen molar-refractivity contribution in [1.29, 1.82) is 5.41 Å². The van der Waals surface area contributed by atoms with Crippen molar-refractivity contribution in [2.24, 2.45) is 0 Å². The van der Waals surface area contributed by atoms with Crippen LogP contribution in [0.15, 0.2) is 41.7 Å². The average Bonchev–Trinajstić information content (AvgIpc) is 2.37. The van der Waals surface area contributed by atoms with E-state index in [-0.39, 0.29) is 22.8 Å². The molecule has 0 atom stereocenters. The molecule has 98 valence electrons. The fourth-order valence-corrected chi connectivity index (χ4v) is 1.97. The summed E-state index contributed by atoms with van der Waals surface area (Å²) in [5.74, 6) is -0.226. The lowest BCUT2D eigenvalue weighted by Gasteiger charge is -2.22. The van der Waals surface area contributed by atoms with Gasteiger partial charge >= 0.3 is 0 Å². The number of carbonyl (C=O) groups excluding carboxylic acids is 1. The van der Waals surface area contributed by atoms with Crippen LogP contribution in [0.4, 0.5) is 5.69 Å². The average molecular weight is 256 g/mol. The number of Topliss-reactive ketones (excluding diaryl/α,β-unsaturated/α-hetero) is 1. The molecule has 0 unspecified atom stereocenters. The summed E-state index contributed by atoms with van der Waals surface area (Å²) in [6.45, 7) is 1.57. The molecule has 0 radical (unpaired) electrons. The number of nitrogens with one attached hydrogen (secondary N) is 1. The van der Waals surface area contributed by atoms with Crippen LogP contribution in [0.3, 0.4) is 0 Å². The lowest BCUT2D eigenvalue weighted by Crippen LogP contribution is -2.21. The summed E-state index contributed by atoms with van der Waals surface area (Å²) in [5.41, 5.74) is 2.53. The molecule has 2 rings (SSSR count). The minimum Gasteiger partial charge on any atom is -0.506 e. The standard InChI is InChI=1S/C15H16N2O2/c1-9(16)8-12-14(18)13(15(12)19)10-4-6-11(7-5-10)17(2)3/h4-8,16,18H,1-3H3/b12-8-,16-9?. The summed E-state index contributed by atoms with van der Waals surface area (Å²) in [6.07, 6.45) is 1.38. The normalized spacial score (nSPS) is 16.6. The van der Waals surface area contributed by atoms with Gasteiger partial charge in [-0.25, -0.2) is 0 Å². The van der Waals surface area contributed by atoms with E-state index in [2.05, 4.69) is 0 Å². The highest BCUT2D eigenvalue weighted by Crippen LogP contribution is 2.36. The Morgan fingerprint density at radius 1 is 1.26 bits per heavy atom. The van der Waals surface area contributed by atoms with E-state index in [4.69, 9.17) is 5.41 Å². The van der Waals surface area contributed by atoms with Crippen LogP contribution in [0.1, 0.15) is 12.5 Å². The smallest absolute Gasteiger partial charge is 0.201 e. The van der Waals surface area contributed by atoms with Crippen molar-refractivity contribution < 1.29 is 9.90 Å². The highest BCUT2D eigenvalue weighted by Gasteiger charge is 2.34. The lowest BCUT2D eigenvalue weighted by atomic mass is 9.83. The maximum absolute atomic E-state index is 11.9. The summed E-state index contributed by atoms with van der Waals surface area (Å²) in [4.78, 5) is 13.9. The van der Waals surface area contributed by atoms with E-state index in [1.165, 1.54) is 6.08 Å². The van der Waals surface area contributed by atoms with Crippen LogP contribution in [0.2, 0.25) is 0 Å². The van der Waals surface area contributed by atoms with Crippen molar-refractivity contribution in [2.75, 3.05) is 19.0 Å². The molecule has 1 aliphatic carbocycles. The zero-order valence-electron chi connectivity index (χ0n) is 11.2. The Morgan fingerprint density at radius 3 is 2.26 bits per heavy atom. The van der Waals surface area contributed by atoms with Gasteiger partial charge in [0.25, 0.3) is 0 Å². The Bertz CT molecular complexity index is 608. The molecule has 1 aromatic carbocycles. The van der Waals surface area contributed by atoms with E-state index in [0.29, 0.717) is 11.1 Å². The van der Waals surface area contributed by atoms with Gasteiger partial charge in [-0.05, 0) is 30.7 Å². The summed E-state index contributed by atoms with van der Waals surface area (Å²) < 4.78 is 0. The zero-order valence-corrected chi connectivity index (χ0v) is 11.2. The third kappa shape index (κ3) is 2.29. The van der Waals surface area contributed by atoms with Crippen LogP contribution >= 0.6 is 0 Å². The number of ketones is 1. The monoisotopic (exact) mass is 256 g/mol. The molecule has 0 spiro atoms. The number of benzene rings is 1. The number of aliphatic hydroxyl groups excluding tert-OH is 1. The molecule has 0 bridgehead atoms. The maximum Gasteiger partial charge on any atom is 0.201 e. The molecule has 0 aliphatic heterocycles. The predicted molar refractivity (Wildman–Crippen MR) is 76.8 cm³/mol. The number of carbonyl (C=O) groups is 1. The number of rotatable bonds is 3. The SMILES string of the molecule is CC(=N)/C=C1\C(=O)C(c2ccc(N(C)C)cc2)=C1O. The van der Waals surface area contributed by atoms with Crippen LogP contribution in [0.25, 0.3) is 5.57 Å². The summed E-state index contributed by atoms with van der Waals surface area (Å²) in [7, 11) is 3.88. The van der Waals surface area contributed by atoms with E-state index in [1.54, 1.807) is 6.92 Å². The molecule has 4 nitrogen and oxygen atoms in total. The van der Waals surface area contributed by atoms with Gasteiger partial charge in [0.15, 0.2) is 0 Å². The van der Waals surface area contributed by atoms with E-state index in [9.17, 15) is 9.90 Å². The van der Waals surface area contributed by atoms with Gasteiger partial charge in [-0.2, -0.15) is 0 Å². The Hall–Kier alpha value is -2.36. The molecule has 1 aliphatic rings. The minimum atomic E-state index is -0.207. The Morgan fingerprint density at radius 2 is 1.84 bits per heavy atom. The van der Waals surface area contributed by atoms with Crippen LogP contribution < -0.4 is 4.90 Å². The highest BCUT2D eigenvalue weighted by molar-refractivity contribution is 6.39. The van der Waals surface area contributed by atoms with Gasteiger partial charge in [0.05, 0.1) is 11.1 Å². The molecule has 0 heterocycles. The summed E-state index contributed by atoms with van der Waals surface area (Å²) >= 11 is 0. The van der Waals surface area contributed by atoms with Crippen molar-refractivity contribution in [1.82, 2.24) is 0 Å². The Labute approximate surface area is 112 Å². The van der Waals surface area contributed by atoms with Crippen molar-refractivity contribution in [3.05, 3.63) is 47.2 Å². The fourth-order valence-electron chi connectivity index (χ4n) is 1.97. The van der Waals surface area contributed by atoms with E-state index >= 15 is 0 Å².